The highest BCUT2D eigenvalue weighted by atomic mass is 35.5. The second-order valence-corrected chi connectivity index (χ2v) is 10.4. The molecule has 1 amide bonds. The van der Waals surface area contributed by atoms with Gasteiger partial charge in [0.2, 0.25) is 5.91 Å². The first-order valence-corrected chi connectivity index (χ1v) is 11.4. The Labute approximate surface area is 198 Å². The van der Waals surface area contributed by atoms with E-state index in [1.54, 1.807) is 30.3 Å². The number of benzene rings is 2. The number of carbonyl (C=O) groups excluding carboxylic acids is 2. The van der Waals surface area contributed by atoms with Gasteiger partial charge in [0.15, 0.2) is 0 Å². The number of hydrogen-bond acceptors (Lipinski definition) is 4. The molecule has 0 aromatic heterocycles. The van der Waals surface area contributed by atoms with Crippen molar-refractivity contribution in [2.24, 2.45) is 21.4 Å². The molecular formula is C25H26Cl2N2O3. The standard InChI is InChI=1S/C25H26Cl2N2O3/c1-15-5-10-18(13-19(15)27)28-22(31)25-12-11-24(4,23(25,2)3)20(14-25)29-32-21(30)16-6-8-17(26)9-7-16/h5-10,13H,11-12,14H2,1-4H3,(H,28,31)/b29-20-. The number of hydrogen-bond donors (Lipinski definition) is 1. The van der Waals surface area contributed by atoms with Gasteiger partial charge in [-0.1, -0.05) is 55.2 Å². The van der Waals surface area contributed by atoms with E-state index in [1.807, 2.05) is 19.1 Å². The van der Waals surface area contributed by atoms with Crippen LogP contribution in [0.1, 0.15) is 56.0 Å². The summed E-state index contributed by atoms with van der Waals surface area (Å²) >= 11 is 12.1. The predicted octanol–water partition coefficient (Wildman–Crippen LogP) is 6.67. The number of nitrogens with zero attached hydrogens (tertiary/aromatic N) is 1. The van der Waals surface area contributed by atoms with E-state index in [-0.39, 0.29) is 16.7 Å². The Morgan fingerprint density at radius 2 is 1.72 bits per heavy atom. The Hall–Kier alpha value is -2.37. The van der Waals surface area contributed by atoms with E-state index < -0.39 is 11.4 Å². The summed E-state index contributed by atoms with van der Waals surface area (Å²) < 4.78 is 0. The molecule has 2 aliphatic rings. The number of aryl methyl sites for hydroxylation is 1. The van der Waals surface area contributed by atoms with Crippen molar-refractivity contribution in [3.8, 4) is 0 Å². The Morgan fingerprint density at radius 1 is 1.03 bits per heavy atom. The largest absolute Gasteiger partial charge is 0.365 e. The first-order chi connectivity index (χ1) is 15.0. The Morgan fingerprint density at radius 3 is 2.38 bits per heavy atom. The minimum absolute atomic E-state index is 0.0552. The van der Waals surface area contributed by atoms with Gasteiger partial charge in [-0.15, -0.1) is 0 Å². The lowest BCUT2D eigenvalue weighted by Gasteiger charge is -2.39. The van der Waals surface area contributed by atoms with Crippen LogP contribution in [0.2, 0.25) is 10.0 Å². The number of oxime groups is 1. The molecule has 0 aliphatic heterocycles. The molecule has 0 saturated heterocycles. The van der Waals surface area contributed by atoms with Crippen LogP contribution in [-0.2, 0) is 9.63 Å². The maximum Gasteiger partial charge on any atom is 0.365 e. The normalized spacial score (nSPS) is 26.9. The van der Waals surface area contributed by atoms with Gasteiger partial charge in [0, 0.05) is 27.6 Å². The summed E-state index contributed by atoms with van der Waals surface area (Å²) in [4.78, 5) is 31.3. The molecule has 2 saturated carbocycles. The molecular weight excluding hydrogens is 447 g/mol. The van der Waals surface area contributed by atoms with Crippen LogP contribution < -0.4 is 5.32 Å². The molecule has 2 unspecified atom stereocenters. The van der Waals surface area contributed by atoms with Gasteiger partial charge in [-0.3, -0.25) is 4.79 Å². The van der Waals surface area contributed by atoms with Crippen LogP contribution in [0, 0.1) is 23.2 Å². The second-order valence-electron chi connectivity index (χ2n) is 9.56. The van der Waals surface area contributed by atoms with Gasteiger partial charge in [0.25, 0.3) is 0 Å². The quantitative estimate of drug-likeness (QED) is 0.398. The van der Waals surface area contributed by atoms with Crippen molar-refractivity contribution in [2.75, 3.05) is 5.32 Å². The average Bonchev–Trinajstić information content (AvgIpc) is 3.06. The van der Waals surface area contributed by atoms with E-state index in [2.05, 4.69) is 31.2 Å². The second kappa shape index (κ2) is 7.89. The fraction of sp³-hybridized carbons (Fsp3) is 0.400. The third-order valence-corrected chi connectivity index (χ3v) is 8.58. The van der Waals surface area contributed by atoms with Crippen molar-refractivity contribution in [1.82, 2.24) is 0 Å². The van der Waals surface area contributed by atoms with Crippen LogP contribution in [0.4, 0.5) is 5.69 Å². The summed E-state index contributed by atoms with van der Waals surface area (Å²) in [5.74, 6) is -0.605. The summed E-state index contributed by atoms with van der Waals surface area (Å²) in [6.45, 7) is 8.23. The topological polar surface area (TPSA) is 67.8 Å². The number of halogens is 2. The van der Waals surface area contributed by atoms with Crippen molar-refractivity contribution in [1.29, 1.82) is 0 Å². The Bertz CT molecular complexity index is 1130. The maximum absolute atomic E-state index is 13.6. The monoisotopic (exact) mass is 472 g/mol. The zero-order valence-corrected chi connectivity index (χ0v) is 20.1. The molecule has 2 bridgehead atoms. The first-order valence-electron chi connectivity index (χ1n) is 10.6. The molecule has 0 spiro atoms. The molecule has 7 heteroatoms. The van der Waals surface area contributed by atoms with Crippen LogP contribution in [0.5, 0.6) is 0 Å². The van der Waals surface area contributed by atoms with Crippen molar-refractivity contribution < 1.29 is 14.4 Å². The van der Waals surface area contributed by atoms with Crippen LogP contribution in [0.15, 0.2) is 47.6 Å². The van der Waals surface area contributed by atoms with E-state index in [1.165, 1.54) is 0 Å². The molecule has 0 radical (unpaired) electrons. The molecule has 32 heavy (non-hydrogen) atoms. The molecule has 0 heterocycles. The smallest absolute Gasteiger partial charge is 0.326 e. The lowest BCUT2D eigenvalue weighted by atomic mass is 9.64. The van der Waals surface area contributed by atoms with Crippen molar-refractivity contribution in [3.63, 3.8) is 0 Å². The highest BCUT2D eigenvalue weighted by molar-refractivity contribution is 6.31. The van der Waals surface area contributed by atoms with Crippen molar-refractivity contribution in [2.45, 2.75) is 47.0 Å². The Balaban J connectivity index is 1.58. The average molecular weight is 473 g/mol. The Kier molecular flexibility index (Phi) is 5.62. The number of amides is 1. The molecule has 2 aromatic rings. The van der Waals surface area contributed by atoms with Gasteiger partial charge >= 0.3 is 5.97 Å². The molecule has 1 N–H and O–H groups in total. The summed E-state index contributed by atoms with van der Waals surface area (Å²) in [6.07, 6.45) is 1.97. The number of rotatable bonds is 4. The van der Waals surface area contributed by atoms with Gasteiger partial charge in [-0.2, -0.15) is 0 Å². The van der Waals surface area contributed by atoms with Crippen molar-refractivity contribution >= 4 is 46.5 Å². The van der Waals surface area contributed by atoms with Gasteiger partial charge in [-0.25, -0.2) is 4.79 Å². The summed E-state index contributed by atoms with van der Waals surface area (Å²) in [6, 6.07) is 12.0. The summed E-state index contributed by atoms with van der Waals surface area (Å²) in [5, 5.41) is 8.48. The van der Waals surface area contributed by atoms with Gasteiger partial charge < -0.3 is 10.2 Å². The van der Waals surface area contributed by atoms with E-state index in [9.17, 15) is 9.59 Å². The van der Waals surface area contributed by atoms with Crippen molar-refractivity contribution in [3.05, 3.63) is 63.6 Å². The summed E-state index contributed by atoms with van der Waals surface area (Å²) in [7, 11) is 0. The lowest BCUT2D eigenvalue weighted by molar-refractivity contribution is -0.130. The zero-order chi connectivity index (χ0) is 23.3. The van der Waals surface area contributed by atoms with Crippen LogP contribution in [-0.4, -0.2) is 17.6 Å². The molecule has 2 fully saturated rings. The molecule has 168 valence electrons. The van der Waals surface area contributed by atoms with Crippen LogP contribution >= 0.6 is 23.2 Å². The number of anilines is 1. The number of fused-ring (bicyclic) bond motifs is 2. The van der Waals surface area contributed by atoms with E-state index >= 15 is 0 Å². The number of nitrogens with one attached hydrogen (secondary N) is 1. The van der Waals surface area contributed by atoms with Gasteiger partial charge in [0.1, 0.15) is 0 Å². The molecule has 5 nitrogen and oxygen atoms in total. The van der Waals surface area contributed by atoms with E-state index in [0.717, 1.165) is 24.1 Å². The predicted molar refractivity (Wildman–Crippen MR) is 127 cm³/mol. The fourth-order valence-corrected chi connectivity index (χ4v) is 5.49. The van der Waals surface area contributed by atoms with Crippen LogP contribution in [0.25, 0.3) is 0 Å². The van der Waals surface area contributed by atoms with E-state index in [4.69, 9.17) is 28.0 Å². The third kappa shape index (κ3) is 3.43. The fourth-order valence-electron chi connectivity index (χ4n) is 5.18. The van der Waals surface area contributed by atoms with E-state index in [0.29, 0.717) is 27.7 Å². The molecule has 4 rings (SSSR count). The van der Waals surface area contributed by atoms with Gasteiger partial charge in [-0.05, 0) is 67.1 Å². The van der Waals surface area contributed by atoms with Gasteiger partial charge in [0.05, 0.1) is 16.7 Å². The lowest BCUT2D eigenvalue weighted by Crippen LogP contribution is -2.43. The maximum atomic E-state index is 13.6. The molecule has 2 aromatic carbocycles. The minimum Gasteiger partial charge on any atom is -0.326 e. The highest BCUT2D eigenvalue weighted by Crippen LogP contribution is 2.71. The molecule has 2 atom stereocenters. The van der Waals surface area contributed by atoms with Crippen LogP contribution in [0.3, 0.4) is 0 Å². The third-order valence-electron chi connectivity index (χ3n) is 7.92. The number of carbonyl (C=O) groups is 2. The first kappa shape index (κ1) is 22.8. The highest BCUT2D eigenvalue weighted by Gasteiger charge is 2.71. The minimum atomic E-state index is -0.648. The summed E-state index contributed by atoms with van der Waals surface area (Å²) in [5.41, 5.74) is 1.37. The SMILES string of the molecule is Cc1ccc(NC(=O)C23CCC(C)(/C(=N\OC(=O)c4ccc(Cl)cc4)C2)C3(C)C)cc1Cl. The zero-order valence-electron chi connectivity index (χ0n) is 18.6. The molecule has 2 aliphatic carbocycles.